The van der Waals surface area contributed by atoms with Crippen molar-refractivity contribution in [3.63, 3.8) is 0 Å². The molecule has 0 saturated carbocycles. The van der Waals surface area contributed by atoms with Gasteiger partial charge in [0.25, 0.3) is 5.56 Å². The number of aromatic nitrogens is 4. The van der Waals surface area contributed by atoms with Gasteiger partial charge in [-0.2, -0.15) is 5.10 Å². The van der Waals surface area contributed by atoms with Crippen LogP contribution in [0, 0.1) is 0 Å². The summed E-state index contributed by atoms with van der Waals surface area (Å²) in [4.78, 5) is 26.0. The van der Waals surface area contributed by atoms with Crippen LogP contribution in [0.5, 0.6) is 5.75 Å². The third-order valence-electron chi connectivity index (χ3n) is 5.82. The van der Waals surface area contributed by atoms with Crippen molar-refractivity contribution in [2.45, 2.75) is 26.7 Å². The lowest BCUT2D eigenvalue weighted by molar-refractivity contribution is 0.218. The van der Waals surface area contributed by atoms with Crippen LogP contribution in [0.15, 0.2) is 23.0 Å². The Morgan fingerprint density at radius 3 is 2.62 bits per heavy atom. The second kappa shape index (κ2) is 9.38. The van der Waals surface area contributed by atoms with Gasteiger partial charge in [-0.1, -0.05) is 25.6 Å². The number of H-pyrrole nitrogens is 1. The number of rotatable bonds is 6. The number of likely N-dealkylation sites (N-methyl/N-ethyl adjacent to an activating group) is 1. The van der Waals surface area contributed by atoms with Gasteiger partial charge in [0, 0.05) is 38.8 Å². The molecule has 2 aromatic heterocycles. The van der Waals surface area contributed by atoms with E-state index < -0.39 is 0 Å². The van der Waals surface area contributed by atoms with E-state index in [1.165, 1.54) is 0 Å². The SMILES string of the molecule is CCCc1nn(C)c2c(=O)[nH]c(-c3cc(C(=S)N4CCN(C)CC4)ccc3OCC)nc12. The number of hydrogen-bond donors (Lipinski definition) is 1. The van der Waals surface area contributed by atoms with Gasteiger partial charge in [0.15, 0.2) is 5.52 Å². The predicted molar refractivity (Wildman–Crippen MR) is 130 cm³/mol. The fourth-order valence-electron chi connectivity index (χ4n) is 4.10. The van der Waals surface area contributed by atoms with Crippen molar-refractivity contribution in [3.8, 4) is 17.1 Å². The summed E-state index contributed by atoms with van der Waals surface area (Å²) >= 11 is 5.82. The van der Waals surface area contributed by atoms with Crippen molar-refractivity contribution in [1.82, 2.24) is 29.5 Å². The molecule has 3 aromatic rings. The number of nitrogens with one attached hydrogen (secondary N) is 1. The molecule has 1 fully saturated rings. The number of fused-ring (bicyclic) bond motifs is 1. The second-order valence-corrected chi connectivity index (χ2v) is 8.56. The Hall–Kier alpha value is -2.78. The maximum Gasteiger partial charge on any atom is 0.277 e. The number of thiocarbonyl (C=S) groups is 1. The van der Waals surface area contributed by atoms with Crippen LogP contribution in [0.3, 0.4) is 0 Å². The molecule has 1 aromatic carbocycles. The Balaban J connectivity index is 1.80. The summed E-state index contributed by atoms with van der Waals surface area (Å²) in [5, 5.41) is 4.52. The molecule has 1 aliphatic heterocycles. The quantitative estimate of drug-likeness (QED) is 0.574. The van der Waals surface area contributed by atoms with E-state index in [1.807, 2.05) is 25.1 Å². The van der Waals surface area contributed by atoms with Crippen LogP contribution in [0.25, 0.3) is 22.4 Å². The molecule has 0 radical (unpaired) electrons. The van der Waals surface area contributed by atoms with Crippen LogP contribution in [0.4, 0.5) is 0 Å². The average Bonchev–Trinajstić information content (AvgIpc) is 3.10. The average molecular weight is 455 g/mol. The fourth-order valence-corrected chi connectivity index (χ4v) is 4.41. The van der Waals surface area contributed by atoms with Crippen molar-refractivity contribution in [3.05, 3.63) is 39.8 Å². The summed E-state index contributed by atoms with van der Waals surface area (Å²) < 4.78 is 7.48. The summed E-state index contributed by atoms with van der Waals surface area (Å²) in [6.07, 6.45) is 1.69. The Morgan fingerprint density at radius 2 is 1.94 bits per heavy atom. The molecule has 4 rings (SSSR count). The third kappa shape index (κ3) is 4.27. The molecular weight excluding hydrogens is 424 g/mol. The van der Waals surface area contributed by atoms with E-state index in [1.54, 1.807) is 11.7 Å². The highest BCUT2D eigenvalue weighted by Gasteiger charge is 2.21. The van der Waals surface area contributed by atoms with Crippen molar-refractivity contribution in [2.24, 2.45) is 7.05 Å². The van der Waals surface area contributed by atoms with Gasteiger partial charge in [0.2, 0.25) is 0 Å². The summed E-state index contributed by atoms with van der Waals surface area (Å²) in [5.41, 5.74) is 3.40. The Kier molecular flexibility index (Phi) is 6.57. The standard InChI is InChI=1S/C23H30N6O2S/c1-5-7-17-19-20(28(4)26-17)22(30)25-21(24-19)16-14-15(8-9-18(16)31-6-2)23(32)29-12-10-27(3)11-13-29/h8-9,14H,5-7,10-13H2,1-4H3,(H,24,25,30). The summed E-state index contributed by atoms with van der Waals surface area (Å²) in [5.74, 6) is 1.14. The van der Waals surface area contributed by atoms with E-state index in [9.17, 15) is 4.79 Å². The number of benzene rings is 1. The molecule has 0 unspecified atom stereocenters. The van der Waals surface area contributed by atoms with E-state index in [2.05, 4.69) is 33.9 Å². The van der Waals surface area contributed by atoms with Crippen molar-refractivity contribution in [2.75, 3.05) is 39.8 Å². The zero-order chi connectivity index (χ0) is 22.8. The third-order valence-corrected chi connectivity index (χ3v) is 6.32. The minimum Gasteiger partial charge on any atom is -0.493 e. The van der Waals surface area contributed by atoms with Crippen molar-refractivity contribution >= 4 is 28.2 Å². The van der Waals surface area contributed by atoms with Gasteiger partial charge in [-0.15, -0.1) is 0 Å². The summed E-state index contributed by atoms with van der Waals surface area (Å²) in [6, 6.07) is 5.88. The Morgan fingerprint density at radius 1 is 1.19 bits per heavy atom. The Labute approximate surface area is 193 Å². The van der Waals surface area contributed by atoms with Crippen LogP contribution >= 0.6 is 12.2 Å². The van der Waals surface area contributed by atoms with E-state index >= 15 is 0 Å². The Bertz CT molecular complexity index is 1190. The first kappa shape index (κ1) is 22.4. The number of hydrogen-bond acceptors (Lipinski definition) is 6. The number of piperazine rings is 1. The zero-order valence-electron chi connectivity index (χ0n) is 19.1. The topological polar surface area (TPSA) is 79.3 Å². The highest BCUT2D eigenvalue weighted by Crippen LogP contribution is 2.30. The van der Waals surface area contributed by atoms with E-state index in [0.29, 0.717) is 29.2 Å². The van der Waals surface area contributed by atoms with Gasteiger partial charge < -0.3 is 19.5 Å². The van der Waals surface area contributed by atoms with Crippen LogP contribution in [-0.2, 0) is 13.5 Å². The van der Waals surface area contributed by atoms with Gasteiger partial charge in [0.05, 0.1) is 17.9 Å². The highest BCUT2D eigenvalue weighted by atomic mass is 32.1. The van der Waals surface area contributed by atoms with Crippen molar-refractivity contribution in [1.29, 1.82) is 0 Å². The lowest BCUT2D eigenvalue weighted by atomic mass is 10.1. The van der Waals surface area contributed by atoms with Gasteiger partial charge >= 0.3 is 0 Å². The number of aryl methyl sites for hydroxylation is 2. The van der Waals surface area contributed by atoms with E-state index in [0.717, 1.165) is 60.8 Å². The first-order valence-electron chi connectivity index (χ1n) is 11.1. The van der Waals surface area contributed by atoms with Crippen LogP contribution in [-0.4, -0.2) is 74.4 Å². The number of aromatic amines is 1. The van der Waals surface area contributed by atoms with Crippen LogP contribution in [0.1, 0.15) is 31.5 Å². The minimum absolute atomic E-state index is 0.211. The lowest BCUT2D eigenvalue weighted by Gasteiger charge is -2.34. The predicted octanol–water partition coefficient (Wildman–Crippen LogP) is 2.60. The number of ether oxygens (including phenoxy) is 1. The van der Waals surface area contributed by atoms with E-state index in [4.69, 9.17) is 21.9 Å². The van der Waals surface area contributed by atoms with Gasteiger partial charge in [-0.05, 0) is 38.6 Å². The molecule has 0 amide bonds. The molecular formula is C23H30N6O2S. The summed E-state index contributed by atoms with van der Waals surface area (Å²) in [6.45, 7) is 8.30. The maximum atomic E-state index is 12.9. The molecule has 1 saturated heterocycles. The molecule has 8 nitrogen and oxygen atoms in total. The first-order chi connectivity index (χ1) is 15.4. The molecule has 0 aliphatic carbocycles. The normalized spacial score (nSPS) is 14.8. The number of nitrogens with zero attached hydrogens (tertiary/aromatic N) is 5. The fraction of sp³-hybridized carbons (Fsp3) is 0.478. The largest absolute Gasteiger partial charge is 0.493 e. The molecule has 9 heteroatoms. The minimum atomic E-state index is -0.211. The lowest BCUT2D eigenvalue weighted by Crippen LogP contribution is -2.46. The van der Waals surface area contributed by atoms with Gasteiger partial charge in [-0.3, -0.25) is 9.48 Å². The van der Waals surface area contributed by atoms with E-state index in [-0.39, 0.29) is 5.56 Å². The smallest absolute Gasteiger partial charge is 0.277 e. The molecule has 170 valence electrons. The molecule has 1 N–H and O–H groups in total. The first-order valence-corrected chi connectivity index (χ1v) is 11.5. The summed E-state index contributed by atoms with van der Waals surface area (Å²) in [7, 11) is 3.90. The van der Waals surface area contributed by atoms with Gasteiger partial charge in [-0.25, -0.2) is 4.98 Å². The monoisotopic (exact) mass is 454 g/mol. The molecule has 0 bridgehead atoms. The molecule has 0 atom stereocenters. The molecule has 0 spiro atoms. The maximum absolute atomic E-state index is 12.9. The highest BCUT2D eigenvalue weighted by molar-refractivity contribution is 7.80. The molecule has 32 heavy (non-hydrogen) atoms. The second-order valence-electron chi connectivity index (χ2n) is 8.17. The molecule has 1 aliphatic rings. The zero-order valence-corrected chi connectivity index (χ0v) is 20.0. The molecule has 3 heterocycles. The van der Waals surface area contributed by atoms with Crippen LogP contribution < -0.4 is 10.3 Å². The van der Waals surface area contributed by atoms with Crippen molar-refractivity contribution < 1.29 is 4.74 Å². The van der Waals surface area contributed by atoms with Crippen LogP contribution in [0.2, 0.25) is 0 Å². The van der Waals surface area contributed by atoms with Gasteiger partial charge in [0.1, 0.15) is 22.1 Å².